The average molecular weight is 426 g/mol. The second-order valence-corrected chi connectivity index (χ2v) is 6.99. The first-order valence-corrected chi connectivity index (χ1v) is 10.1. The lowest BCUT2D eigenvalue weighted by molar-refractivity contribution is -0.143. The second kappa shape index (κ2) is 10.0. The summed E-state index contributed by atoms with van der Waals surface area (Å²) in [5, 5.41) is 10.5. The van der Waals surface area contributed by atoms with E-state index in [2.05, 4.69) is 0 Å². The van der Waals surface area contributed by atoms with Gasteiger partial charge in [-0.3, -0.25) is 9.59 Å². The minimum absolute atomic E-state index is 0.0990. The summed E-state index contributed by atoms with van der Waals surface area (Å²) >= 11 is 0. The van der Waals surface area contributed by atoms with E-state index in [1.165, 1.54) is 13.2 Å². The minimum Gasteiger partial charge on any atom is -0.507 e. The highest BCUT2D eigenvalue weighted by molar-refractivity contribution is 5.89. The van der Waals surface area contributed by atoms with E-state index in [9.17, 15) is 14.7 Å². The Bertz CT molecular complexity index is 1110. The van der Waals surface area contributed by atoms with Crippen molar-refractivity contribution in [3.8, 4) is 28.4 Å². The van der Waals surface area contributed by atoms with Crippen LogP contribution in [0, 0.1) is 0 Å². The Hall–Kier alpha value is -3.48. The van der Waals surface area contributed by atoms with Gasteiger partial charge >= 0.3 is 5.97 Å². The highest BCUT2D eigenvalue weighted by Crippen LogP contribution is 2.33. The summed E-state index contributed by atoms with van der Waals surface area (Å²) in [6.07, 6.45) is 1.99. The molecule has 7 heteroatoms. The Kier molecular flexibility index (Phi) is 7.18. The molecule has 0 saturated heterocycles. The van der Waals surface area contributed by atoms with E-state index in [1.54, 1.807) is 44.4 Å². The number of hydrogen-bond donors (Lipinski definition) is 1. The van der Waals surface area contributed by atoms with Gasteiger partial charge in [0.15, 0.2) is 0 Å². The number of phenolic OH excluding ortho intramolecular Hbond substituents is 1. The molecule has 1 N–H and O–H groups in total. The molecule has 0 aliphatic carbocycles. The first-order valence-electron chi connectivity index (χ1n) is 10.1. The molecule has 2 aromatic carbocycles. The van der Waals surface area contributed by atoms with Crippen LogP contribution in [0.5, 0.6) is 17.2 Å². The first kappa shape index (κ1) is 22.2. The molecular formula is C24H26O7. The van der Waals surface area contributed by atoms with Gasteiger partial charge in [-0.05, 0) is 37.5 Å². The summed E-state index contributed by atoms with van der Waals surface area (Å²) in [6.45, 7) is 2.12. The van der Waals surface area contributed by atoms with Crippen molar-refractivity contribution in [3.05, 3.63) is 52.4 Å². The van der Waals surface area contributed by atoms with Gasteiger partial charge in [0.1, 0.15) is 34.0 Å². The Morgan fingerprint density at radius 3 is 2.39 bits per heavy atom. The van der Waals surface area contributed by atoms with Crippen LogP contribution in [0.4, 0.5) is 0 Å². The van der Waals surface area contributed by atoms with Gasteiger partial charge in [0.25, 0.3) is 0 Å². The number of unbranched alkanes of at least 4 members (excludes halogenated alkanes) is 1. The van der Waals surface area contributed by atoms with Crippen LogP contribution in [-0.2, 0) is 16.0 Å². The van der Waals surface area contributed by atoms with Gasteiger partial charge in [0.2, 0.25) is 5.43 Å². The standard InChI is InChI=1S/C24H26O7/c1-4-30-21(26)8-6-5-7-19-22(15-9-11-16(28-2)12-10-15)24(27)23-18(25)13-17(29-3)14-20(23)31-19/h9-14,25H,4-8H2,1-3H3. The van der Waals surface area contributed by atoms with E-state index in [1.807, 2.05) is 0 Å². The normalized spacial score (nSPS) is 10.8. The molecule has 0 atom stereocenters. The van der Waals surface area contributed by atoms with Gasteiger partial charge in [0.05, 0.1) is 26.4 Å². The fourth-order valence-electron chi connectivity index (χ4n) is 3.45. The van der Waals surface area contributed by atoms with Crippen LogP contribution in [0.3, 0.4) is 0 Å². The molecule has 1 heterocycles. The highest BCUT2D eigenvalue weighted by Gasteiger charge is 2.19. The molecule has 0 bridgehead atoms. The molecule has 31 heavy (non-hydrogen) atoms. The Morgan fingerprint density at radius 2 is 1.74 bits per heavy atom. The number of methoxy groups -OCH3 is 2. The Balaban J connectivity index is 2.03. The first-order chi connectivity index (χ1) is 15.0. The molecule has 3 aromatic rings. The van der Waals surface area contributed by atoms with Gasteiger partial charge < -0.3 is 23.7 Å². The van der Waals surface area contributed by atoms with Gasteiger partial charge in [-0.15, -0.1) is 0 Å². The zero-order chi connectivity index (χ0) is 22.4. The minimum atomic E-state index is -0.327. The third-order valence-electron chi connectivity index (χ3n) is 4.98. The predicted molar refractivity (Wildman–Crippen MR) is 117 cm³/mol. The number of phenols is 1. The number of esters is 1. The molecule has 0 aliphatic rings. The molecule has 0 spiro atoms. The van der Waals surface area contributed by atoms with Crippen LogP contribution >= 0.6 is 0 Å². The lowest BCUT2D eigenvalue weighted by atomic mass is 9.98. The number of fused-ring (bicyclic) bond motifs is 1. The van der Waals surface area contributed by atoms with E-state index in [4.69, 9.17) is 18.6 Å². The van der Waals surface area contributed by atoms with E-state index in [0.717, 1.165) is 0 Å². The SMILES string of the molecule is CCOC(=O)CCCCc1oc2cc(OC)cc(O)c2c(=O)c1-c1ccc(OC)cc1. The predicted octanol–water partition coefficient (Wildman–Crippen LogP) is 4.46. The smallest absolute Gasteiger partial charge is 0.305 e. The van der Waals surface area contributed by atoms with Crippen molar-refractivity contribution in [2.24, 2.45) is 0 Å². The van der Waals surface area contributed by atoms with E-state index in [-0.39, 0.29) is 28.1 Å². The van der Waals surface area contributed by atoms with Crippen molar-refractivity contribution < 1.29 is 28.5 Å². The largest absolute Gasteiger partial charge is 0.507 e. The van der Waals surface area contributed by atoms with Crippen molar-refractivity contribution in [2.75, 3.05) is 20.8 Å². The van der Waals surface area contributed by atoms with Crippen LogP contribution in [0.2, 0.25) is 0 Å². The monoisotopic (exact) mass is 426 g/mol. The molecule has 7 nitrogen and oxygen atoms in total. The topological polar surface area (TPSA) is 95.2 Å². The molecule has 1 aromatic heterocycles. The summed E-state index contributed by atoms with van der Waals surface area (Å²) < 4.78 is 21.4. The van der Waals surface area contributed by atoms with Crippen LogP contribution < -0.4 is 14.9 Å². The van der Waals surface area contributed by atoms with Crippen molar-refractivity contribution in [3.63, 3.8) is 0 Å². The molecule has 0 aliphatic heterocycles. The van der Waals surface area contributed by atoms with Crippen LogP contribution in [0.25, 0.3) is 22.1 Å². The number of benzene rings is 2. The van der Waals surface area contributed by atoms with Crippen molar-refractivity contribution in [1.29, 1.82) is 0 Å². The van der Waals surface area contributed by atoms with Crippen LogP contribution in [0.1, 0.15) is 31.9 Å². The van der Waals surface area contributed by atoms with Gasteiger partial charge in [0, 0.05) is 25.0 Å². The number of carbonyl (C=O) groups excluding carboxylic acids is 1. The van der Waals surface area contributed by atoms with Gasteiger partial charge in [-0.2, -0.15) is 0 Å². The maximum atomic E-state index is 13.4. The average Bonchev–Trinajstić information content (AvgIpc) is 2.76. The van der Waals surface area contributed by atoms with Crippen molar-refractivity contribution in [1.82, 2.24) is 0 Å². The third kappa shape index (κ3) is 4.99. The molecule has 0 saturated carbocycles. The molecule has 0 fully saturated rings. The van der Waals surface area contributed by atoms with Gasteiger partial charge in [-0.1, -0.05) is 12.1 Å². The Labute approximate surface area is 180 Å². The summed E-state index contributed by atoms with van der Waals surface area (Å²) in [6, 6.07) is 10.0. The van der Waals surface area contributed by atoms with Crippen molar-refractivity contribution >= 4 is 16.9 Å². The fourth-order valence-corrected chi connectivity index (χ4v) is 3.45. The molecular weight excluding hydrogens is 400 g/mol. The number of aryl methyl sites for hydroxylation is 1. The fraction of sp³-hybridized carbons (Fsp3) is 0.333. The molecule has 164 valence electrons. The molecule has 0 radical (unpaired) electrons. The summed E-state index contributed by atoms with van der Waals surface area (Å²) in [7, 11) is 3.04. The molecule has 0 amide bonds. The van der Waals surface area contributed by atoms with E-state index < -0.39 is 0 Å². The zero-order valence-corrected chi connectivity index (χ0v) is 17.9. The number of aromatic hydroxyl groups is 1. The molecule has 3 rings (SSSR count). The van der Waals surface area contributed by atoms with Crippen LogP contribution in [-0.4, -0.2) is 31.9 Å². The van der Waals surface area contributed by atoms with E-state index >= 15 is 0 Å². The zero-order valence-electron chi connectivity index (χ0n) is 17.9. The third-order valence-corrected chi connectivity index (χ3v) is 4.98. The van der Waals surface area contributed by atoms with Gasteiger partial charge in [-0.25, -0.2) is 0 Å². The second-order valence-electron chi connectivity index (χ2n) is 6.99. The highest BCUT2D eigenvalue weighted by atomic mass is 16.5. The summed E-state index contributed by atoms with van der Waals surface area (Å²) in [5.41, 5.74) is 0.963. The maximum Gasteiger partial charge on any atom is 0.305 e. The molecule has 0 unspecified atom stereocenters. The van der Waals surface area contributed by atoms with Crippen molar-refractivity contribution in [2.45, 2.75) is 32.6 Å². The summed E-state index contributed by atoms with van der Waals surface area (Å²) in [5.74, 6) is 1.09. The van der Waals surface area contributed by atoms with E-state index in [0.29, 0.717) is 60.7 Å². The summed E-state index contributed by atoms with van der Waals surface area (Å²) in [4.78, 5) is 25.0. The number of rotatable bonds is 9. The number of ether oxygens (including phenoxy) is 3. The Morgan fingerprint density at radius 1 is 1.03 bits per heavy atom. The lowest BCUT2D eigenvalue weighted by Gasteiger charge is -2.12. The quantitative estimate of drug-likeness (QED) is 0.399. The maximum absolute atomic E-state index is 13.4. The number of hydrogen-bond acceptors (Lipinski definition) is 7. The lowest BCUT2D eigenvalue weighted by Crippen LogP contribution is -2.10. The number of carbonyl (C=O) groups is 1. The van der Waals surface area contributed by atoms with Crippen LogP contribution in [0.15, 0.2) is 45.6 Å².